The van der Waals surface area contributed by atoms with Gasteiger partial charge in [-0.3, -0.25) is 14.5 Å². The molecule has 134 valence electrons. The Kier molecular flexibility index (Phi) is 5.13. The van der Waals surface area contributed by atoms with Crippen LogP contribution in [0.25, 0.3) is 0 Å². The van der Waals surface area contributed by atoms with Gasteiger partial charge < -0.3 is 10.6 Å². The number of halogens is 1. The van der Waals surface area contributed by atoms with Gasteiger partial charge in [0.25, 0.3) is 5.91 Å². The Hall–Kier alpha value is -1.89. The van der Waals surface area contributed by atoms with Gasteiger partial charge in [-0.05, 0) is 37.5 Å². The summed E-state index contributed by atoms with van der Waals surface area (Å²) in [5, 5.41) is 5.66. The summed E-state index contributed by atoms with van der Waals surface area (Å²) in [6.07, 6.45) is 4.24. The lowest BCUT2D eigenvalue weighted by atomic mass is 9.82. The van der Waals surface area contributed by atoms with E-state index in [4.69, 9.17) is 0 Å². The molecule has 1 saturated carbocycles. The number of hydrogen-bond donors (Lipinski definition) is 2. The second-order valence-electron chi connectivity index (χ2n) is 6.80. The molecule has 2 fully saturated rings. The molecule has 0 bridgehead atoms. The van der Waals surface area contributed by atoms with E-state index in [0.29, 0.717) is 12.8 Å². The Morgan fingerprint density at radius 3 is 2.52 bits per heavy atom. The highest BCUT2D eigenvalue weighted by Crippen LogP contribution is 2.33. The van der Waals surface area contributed by atoms with Crippen molar-refractivity contribution in [3.8, 4) is 0 Å². The van der Waals surface area contributed by atoms with E-state index in [1.54, 1.807) is 0 Å². The highest BCUT2D eigenvalue weighted by Gasteiger charge is 2.51. The van der Waals surface area contributed by atoms with E-state index in [9.17, 15) is 14.4 Å². The predicted molar refractivity (Wildman–Crippen MR) is 96.8 cm³/mol. The smallest absolute Gasteiger partial charge is 0.325 e. The number of amides is 4. The van der Waals surface area contributed by atoms with Crippen LogP contribution in [-0.2, 0) is 9.59 Å². The van der Waals surface area contributed by atoms with Gasteiger partial charge in [-0.2, -0.15) is 0 Å². The van der Waals surface area contributed by atoms with Crippen molar-refractivity contribution in [3.63, 3.8) is 0 Å². The number of rotatable bonds is 4. The van der Waals surface area contributed by atoms with Crippen molar-refractivity contribution in [2.45, 2.75) is 50.6 Å². The van der Waals surface area contributed by atoms with E-state index >= 15 is 0 Å². The summed E-state index contributed by atoms with van der Waals surface area (Å²) in [6, 6.07) is 6.98. The van der Waals surface area contributed by atoms with Gasteiger partial charge in [0.15, 0.2) is 0 Å². The van der Waals surface area contributed by atoms with Crippen molar-refractivity contribution >= 4 is 33.8 Å². The van der Waals surface area contributed by atoms with Crippen molar-refractivity contribution in [1.29, 1.82) is 0 Å². The molecule has 4 amide bonds. The third-order valence-electron chi connectivity index (χ3n) is 5.00. The summed E-state index contributed by atoms with van der Waals surface area (Å²) >= 11 is 3.38. The molecule has 1 aromatic rings. The lowest BCUT2D eigenvalue weighted by Gasteiger charge is -2.30. The van der Waals surface area contributed by atoms with E-state index in [1.807, 2.05) is 31.2 Å². The molecule has 0 radical (unpaired) electrons. The van der Waals surface area contributed by atoms with E-state index in [-0.39, 0.29) is 24.4 Å². The van der Waals surface area contributed by atoms with Crippen molar-refractivity contribution < 1.29 is 14.4 Å². The molecule has 3 rings (SSSR count). The number of carbonyl (C=O) groups is 3. The summed E-state index contributed by atoms with van der Waals surface area (Å²) in [5.74, 6) is -0.601. The van der Waals surface area contributed by atoms with Crippen molar-refractivity contribution in [1.82, 2.24) is 15.5 Å². The molecule has 1 aromatic carbocycles. The summed E-state index contributed by atoms with van der Waals surface area (Å²) in [5.41, 5.74) is 0.171. The second kappa shape index (κ2) is 7.15. The summed E-state index contributed by atoms with van der Waals surface area (Å²) in [7, 11) is 0. The lowest BCUT2D eigenvalue weighted by molar-refractivity contribution is -0.136. The Balaban J connectivity index is 1.61. The molecule has 6 nitrogen and oxygen atoms in total. The van der Waals surface area contributed by atoms with Crippen LogP contribution in [0.4, 0.5) is 4.79 Å². The number of nitrogens with zero attached hydrogens (tertiary/aromatic N) is 1. The first-order valence-electron chi connectivity index (χ1n) is 8.60. The molecule has 2 aliphatic rings. The minimum atomic E-state index is -0.785. The van der Waals surface area contributed by atoms with Gasteiger partial charge in [0, 0.05) is 4.47 Å². The van der Waals surface area contributed by atoms with Crippen LogP contribution in [0.1, 0.15) is 50.6 Å². The fourth-order valence-corrected chi connectivity index (χ4v) is 3.84. The van der Waals surface area contributed by atoms with Crippen LogP contribution < -0.4 is 10.6 Å². The summed E-state index contributed by atoms with van der Waals surface area (Å²) < 4.78 is 0.965. The van der Waals surface area contributed by atoms with Gasteiger partial charge >= 0.3 is 6.03 Å². The zero-order valence-corrected chi connectivity index (χ0v) is 15.8. The molecule has 1 aliphatic carbocycles. The number of urea groups is 1. The fraction of sp³-hybridized carbons (Fsp3) is 0.500. The molecule has 0 aromatic heterocycles. The van der Waals surface area contributed by atoms with Gasteiger partial charge in [0.05, 0.1) is 6.04 Å². The third kappa shape index (κ3) is 3.71. The molecule has 0 unspecified atom stereocenters. The molecular weight excluding hydrogens is 386 g/mol. The molecule has 1 saturated heterocycles. The van der Waals surface area contributed by atoms with E-state index in [0.717, 1.165) is 34.2 Å². The minimum Gasteiger partial charge on any atom is -0.348 e. The largest absolute Gasteiger partial charge is 0.348 e. The number of imide groups is 1. The standard InChI is InChI=1S/C18H22BrN3O3/c1-12(13-5-7-14(19)8-6-13)20-15(23)11-22-16(24)18(21-17(22)25)9-3-2-4-10-18/h5-8,12H,2-4,9-11H2,1H3,(H,20,23)(H,21,25)/t12-/m1/s1. The monoisotopic (exact) mass is 407 g/mol. The zero-order valence-electron chi connectivity index (χ0n) is 14.2. The maximum atomic E-state index is 12.7. The highest BCUT2D eigenvalue weighted by molar-refractivity contribution is 9.10. The van der Waals surface area contributed by atoms with Gasteiger partial charge in [-0.15, -0.1) is 0 Å². The average Bonchev–Trinajstić information content (AvgIpc) is 2.80. The second-order valence-corrected chi connectivity index (χ2v) is 7.72. The third-order valence-corrected chi connectivity index (χ3v) is 5.53. The van der Waals surface area contributed by atoms with Crippen molar-refractivity contribution in [2.75, 3.05) is 6.54 Å². The molecule has 1 atom stereocenters. The van der Waals surface area contributed by atoms with Crippen LogP contribution in [0.15, 0.2) is 28.7 Å². The first kappa shape index (κ1) is 17.9. The molecule has 1 heterocycles. The maximum absolute atomic E-state index is 12.7. The SMILES string of the molecule is C[C@@H](NC(=O)CN1C(=O)NC2(CCCCC2)C1=O)c1ccc(Br)cc1. The van der Waals surface area contributed by atoms with Gasteiger partial charge in [-0.25, -0.2) is 4.79 Å². The number of benzene rings is 1. The number of nitrogens with one attached hydrogen (secondary N) is 2. The summed E-state index contributed by atoms with van der Waals surface area (Å²) in [6.45, 7) is 1.63. The Bertz CT molecular complexity index is 683. The van der Waals surface area contributed by atoms with E-state index in [2.05, 4.69) is 26.6 Å². The summed E-state index contributed by atoms with van der Waals surface area (Å²) in [4.78, 5) is 38.2. The van der Waals surface area contributed by atoms with Crippen LogP contribution in [-0.4, -0.2) is 34.8 Å². The average molecular weight is 408 g/mol. The first-order valence-corrected chi connectivity index (χ1v) is 9.39. The van der Waals surface area contributed by atoms with E-state index < -0.39 is 11.6 Å². The van der Waals surface area contributed by atoms with Gasteiger partial charge in [-0.1, -0.05) is 47.3 Å². The lowest BCUT2D eigenvalue weighted by Crippen LogP contribution is -2.49. The minimum absolute atomic E-state index is 0.204. The van der Waals surface area contributed by atoms with Crippen LogP contribution in [0, 0.1) is 0 Å². The molecular formula is C18H22BrN3O3. The van der Waals surface area contributed by atoms with Crippen molar-refractivity contribution in [2.24, 2.45) is 0 Å². The normalized spacial score (nSPS) is 20.5. The van der Waals surface area contributed by atoms with Gasteiger partial charge in [0.2, 0.25) is 5.91 Å². The number of hydrogen-bond acceptors (Lipinski definition) is 3. The van der Waals surface area contributed by atoms with Crippen molar-refractivity contribution in [3.05, 3.63) is 34.3 Å². The molecule has 1 spiro atoms. The van der Waals surface area contributed by atoms with Gasteiger partial charge in [0.1, 0.15) is 12.1 Å². The Morgan fingerprint density at radius 1 is 1.24 bits per heavy atom. The molecule has 25 heavy (non-hydrogen) atoms. The van der Waals surface area contributed by atoms with Crippen LogP contribution in [0.5, 0.6) is 0 Å². The molecule has 2 N–H and O–H groups in total. The molecule has 7 heteroatoms. The topological polar surface area (TPSA) is 78.5 Å². The first-order chi connectivity index (χ1) is 11.9. The Morgan fingerprint density at radius 2 is 1.88 bits per heavy atom. The number of carbonyl (C=O) groups excluding carboxylic acids is 3. The van der Waals surface area contributed by atoms with Crippen LogP contribution in [0.3, 0.4) is 0 Å². The quantitative estimate of drug-likeness (QED) is 0.753. The zero-order chi connectivity index (χ0) is 18.0. The fourth-order valence-electron chi connectivity index (χ4n) is 3.58. The van der Waals surface area contributed by atoms with Crippen LogP contribution >= 0.6 is 15.9 Å². The van der Waals surface area contributed by atoms with Crippen LogP contribution in [0.2, 0.25) is 0 Å². The predicted octanol–water partition coefficient (Wildman–Crippen LogP) is 2.88. The molecule has 1 aliphatic heterocycles. The van der Waals surface area contributed by atoms with E-state index in [1.165, 1.54) is 0 Å². The maximum Gasteiger partial charge on any atom is 0.325 e. The Labute approximate surface area is 155 Å². The highest BCUT2D eigenvalue weighted by atomic mass is 79.9.